The standard InChI is InChI=1S/C11H14F2N2O2S.ClH/c12-9-2-1-3-10(11(9)13)18(16,17)15-8-4-6-14-7-5-8;/h1-3,8,14-15H,4-7H2;1H. The van der Waals surface area contributed by atoms with Crippen molar-refractivity contribution in [2.24, 2.45) is 0 Å². The Morgan fingerprint density at radius 2 is 1.84 bits per heavy atom. The summed E-state index contributed by atoms with van der Waals surface area (Å²) >= 11 is 0. The molecule has 1 aliphatic heterocycles. The van der Waals surface area contributed by atoms with Crippen molar-refractivity contribution in [1.82, 2.24) is 10.0 Å². The molecule has 0 amide bonds. The van der Waals surface area contributed by atoms with Crippen molar-refractivity contribution < 1.29 is 17.2 Å². The van der Waals surface area contributed by atoms with E-state index in [4.69, 9.17) is 0 Å². The highest BCUT2D eigenvalue weighted by Crippen LogP contribution is 2.18. The molecule has 0 saturated carbocycles. The van der Waals surface area contributed by atoms with Gasteiger partial charge in [0, 0.05) is 6.04 Å². The second-order valence-electron chi connectivity index (χ2n) is 4.20. The molecule has 0 spiro atoms. The first kappa shape index (κ1) is 16.3. The molecule has 19 heavy (non-hydrogen) atoms. The maximum Gasteiger partial charge on any atom is 0.243 e. The number of sulfonamides is 1. The molecule has 1 saturated heterocycles. The maximum atomic E-state index is 13.4. The number of rotatable bonds is 3. The van der Waals surface area contributed by atoms with Crippen LogP contribution in [0, 0.1) is 11.6 Å². The van der Waals surface area contributed by atoms with E-state index in [1.165, 1.54) is 6.07 Å². The zero-order valence-electron chi connectivity index (χ0n) is 10.0. The molecule has 0 unspecified atom stereocenters. The minimum Gasteiger partial charge on any atom is -0.317 e. The predicted molar refractivity (Wildman–Crippen MR) is 69.8 cm³/mol. The van der Waals surface area contributed by atoms with Gasteiger partial charge in [0.15, 0.2) is 11.6 Å². The molecule has 0 aromatic heterocycles. The van der Waals surface area contributed by atoms with Crippen molar-refractivity contribution in [3.8, 4) is 0 Å². The van der Waals surface area contributed by atoms with Gasteiger partial charge in [0.2, 0.25) is 10.0 Å². The highest BCUT2D eigenvalue weighted by atomic mass is 35.5. The van der Waals surface area contributed by atoms with Gasteiger partial charge in [-0.2, -0.15) is 0 Å². The number of piperidine rings is 1. The van der Waals surface area contributed by atoms with Crippen LogP contribution in [0.1, 0.15) is 12.8 Å². The fourth-order valence-electron chi connectivity index (χ4n) is 1.91. The Morgan fingerprint density at radius 1 is 1.21 bits per heavy atom. The van der Waals surface area contributed by atoms with Crippen LogP contribution in [0.25, 0.3) is 0 Å². The van der Waals surface area contributed by atoms with E-state index < -0.39 is 26.6 Å². The highest BCUT2D eigenvalue weighted by Gasteiger charge is 2.25. The summed E-state index contributed by atoms with van der Waals surface area (Å²) in [6.07, 6.45) is 1.27. The molecular weight excluding hydrogens is 298 g/mol. The highest BCUT2D eigenvalue weighted by molar-refractivity contribution is 7.89. The Hall–Kier alpha value is -0.760. The van der Waals surface area contributed by atoms with Crippen molar-refractivity contribution >= 4 is 22.4 Å². The van der Waals surface area contributed by atoms with Gasteiger partial charge in [-0.05, 0) is 38.1 Å². The average Bonchev–Trinajstić information content (AvgIpc) is 2.33. The van der Waals surface area contributed by atoms with Crippen molar-refractivity contribution in [3.63, 3.8) is 0 Å². The fraction of sp³-hybridized carbons (Fsp3) is 0.455. The summed E-state index contributed by atoms with van der Waals surface area (Å²) < 4.78 is 52.7. The molecule has 2 N–H and O–H groups in total. The average molecular weight is 313 g/mol. The molecule has 1 aliphatic rings. The Bertz CT molecular complexity index is 533. The first-order valence-corrected chi connectivity index (χ1v) is 7.16. The topological polar surface area (TPSA) is 58.2 Å². The number of halogens is 3. The Kier molecular flexibility index (Phi) is 5.66. The van der Waals surface area contributed by atoms with Crippen molar-refractivity contribution in [2.75, 3.05) is 13.1 Å². The van der Waals surface area contributed by atoms with Crippen molar-refractivity contribution in [2.45, 2.75) is 23.8 Å². The van der Waals surface area contributed by atoms with Crippen molar-refractivity contribution in [1.29, 1.82) is 0 Å². The Balaban J connectivity index is 0.00000180. The van der Waals surface area contributed by atoms with Crippen molar-refractivity contribution in [3.05, 3.63) is 29.8 Å². The quantitative estimate of drug-likeness (QED) is 0.887. The second kappa shape index (κ2) is 6.60. The number of hydrogen-bond donors (Lipinski definition) is 2. The summed E-state index contributed by atoms with van der Waals surface area (Å²) in [6, 6.07) is 2.88. The minimum absolute atomic E-state index is 0. The molecule has 0 radical (unpaired) electrons. The van der Waals surface area contributed by atoms with E-state index in [-0.39, 0.29) is 18.4 Å². The molecule has 0 aliphatic carbocycles. The summed E-state index contributed by atoms with van der Waals surface area (Å²) in [5.74, 6) is -2.50. The SMILES string of the molecule is Cl.O=S(=O)(NC1CCNCC1)c1cccc(F)c1F. The van der Waals surface area contributed by atoms with Gasteiger partial charge >= 0.3 is 0 Å². The van der Waals surface area contributed by atoms with Crippen LogP contribution in [0.5, 0.6) is 0 Å². The lowest BCUT2D eigenvalue weighted by molar-refractivity contribution is 0.424. The van der Waals surface area contributed by atoms with Gasteiger partial charge in [-0.25, -0.2) is 21.9 Å². The van der Waals surface area contributed by atoms with Gasteiger partial charge in [0.1, 0.15) is 4.90 Å². The van der Waals surface area contributed by atoms with Crippen LogP contribution in [-0.2, 0) is 10.0 Å². The zero-order valence-corrected chi connectivity index (χ0v) is 11.7. The molecule has 1 aromatic carbocycles. The smallest absolute Gasteiger partial charge is 0.243 e. The van der Waals surface area contributed by atoms with Gasteiger partial charge in [-0.1, -0.05) is 6.07 Å². The third-order valence-corrected chi connectivity index (χ3v) is 4.40. The molecule has 1 heterocycles. The van der Waals surface area contributed by atoms with Gasteiger partial charge in [0.25, 0.3) is 0 Å². The second-order valence-corrected chi connectivity index (χ2v) is 5.88. The van der Waals surface area contributed by atoms with E-state index in [2.05, 4.69) is 10.0 Å². The molecule has 1 aromatic rings. The number of hydrogen-bond acceptors (Lipinski definition) is 3. The van der Waals surface area contributed by atoms with Gasteiger partial charge in [0.05, 0.1) is 0 Å². The Labute approximate surface area is 117 Å². The number of benzene rings is 1. The summed E-state index contributed by atoms with van der Waals surface area (Å²) in [5, 5.41) is 3.09. The van der Waals surface area contributed by atoms with Crippen LogP contribution >= 0.6 is 12.4 Å². The fourth-order valence-corrected chi connectivity index (χ4v) is 3.31. The lowest BCUT2D eigenvalue weighted by Crippen LogP contribution is -2.42. The van der Waals surface area contributed by atoms with Gasteiger partial charge in [-0.3, -0.25) is 0 Å². The lowest BCUT2D eigenvalue weighted by atomic mass is 10.1. The third-order valence-electron chi connectivity index (χ3n) is 2.87. The lowest BCUT2D eigenvalue weighted by Gasteiger charge is -2.23. The van der Waals surface area contributed by atoms with E-state index >= 15 is 0 Å². The molecule has 0 bridgehead atoms. The maximum absolute atomic E-state index is 13.4. The first-order valence-electron chi connectivity index (χ1n) is 5.68. The van der Waals surface area contributed by atoms with E-state index in [0.717, 1.165) is 12.1 Å². The van der Waals surface area contributed by atoms with Crippen LogP contribution < -0.4 is 10.0 Å². The van der Waals surface area contributed by atoms with Crippen LogP contribution in [-0.4, -0.2) is 27.5 Å². The molecule has 0 atom stereocenters. The molecule has 1 fully saturated rings. The van der Waals surface area contributed by atoms with Crippen LogP contribution in [0.15, 0.2) is 23.1 Å². The van der Waals surface area contributed by atoms with Gasteiger partial charge in [-0.15, -0.1) is 12.4 Å². The molecule has 2 rings (SSSR count). The van der Waals surface area contributed by atoms with Crippen LogP contribution in [0.4, 0.5) is 8.78 Å². The van der Waals surface area contributed by atoms with E-state index in [0.29, 0.717) is 25.9 Å². The van der Waals surface area contributed by atoms with E-state index in [9.17, 15) is 17.2 Å². The summed E-state index contributed by atoms with van der Waals surface area (Å²) in [6.45, 7) is 1.41. The minimum atomic E-state index is -4.01. The monoisotopic (exact) mass is 312 g/mol. The molecule has 8 heteroatoms. The summed E-state index contributed by atoms with van der Waals surface area (Å²) in [5.41, 5.74) is 0. The molecule has 4 nitrogen and oxygen atoms in total. The summed E-state index contributed by atoms with van der Waals surface area (Å²) in [4.78, 5) is -0.638. The Morgan fingerprint density at radius 3 is 2.47 bits per heavy atom. The van der Waals surface area contributed by atoms with Gasteiger partial charge < -0.3 is 5.32 Å². The molecular formula is C11H15ClF2N2O2S. The van der Waals surface area contributed by atoms with E-state index in [1.807, 2.05) is 0 Å². The summed E-state index contributed by atoms with van der Waals surface area (Å²) in [7, 11) is -4.01. The molecule has 108 valence electrons. The predicted octanol–water partition coefficient (Wildman–Crippen LogP) is 1.42. The third kappa shape index (κ3) is 3.85. The first-order chi connectivity index (χ1) is 8.50. The largest absolute Gasteiger partial charge is 0.317 e. The van der Waals surface area contributed by atoms with Crippen LogP contribution in [0.2, 0.25) is 0 Å². The van der Waals surface area contributed by atoms with Crippen LogP contribution in [0.3, 0.4) is 0 Å². The zero-order chi connectivity index (χ0) is 13.2. The number of nitrogens with one attached hydrogen (secondary N) is 2. The van der Waals surface area contributed by atoms with E-state index in [1.54, 1.807) is 0 Å². The normalized spacial score (nSPS) is 16.9.